The first-order valence-corrected chi connectivity index (χ1v) is 8.62. The maximum atomic E-state index is 10.7. The number of hydrogen-bond acceptors (Lipinski definition) is 3. The molecule has 4 heteroatoms. The van der Waals surface area contributed by atoms with E-state index >= 15 is 0 Å². The molecular formula is C19H26N2O2. The summed E-state index contributed by atoms with van der Waals surface area (Å²) in [5, 5.41) is 12.1. The largest absolute Gasteiger partial charge is 0.389 e. The van der Waals surface area contributed by atoms with Crippen LogP contribution in [0.15, 0.2) is 18.2 Å². The quantitative estimate of drug-likeness (QED) is 0.916. The van der Waals surface area contributed by atoms with Gasteiger partial charge in [0, 0.05) is 42.2 Å². The molecule has 2 aromatic rings. The van der Waals surface area contributed by atoms with Crippen LogP contribution in [-0.2, 0) is 17.8 Å². The first-order chi connectivity index (χ1) is 11.0. The van der Waals surface area contributed by atoms with Crippen LogP contribution in [0.5, 0.6) is 0 Å². The third kappa shape index (κ3) is 2.32. The molecule has 0 spiro atoms. The summed E-state index contributed by atoms with van der Waals surface area (Å²) < 4.78 is 5.40. The van der Waals surface area contributed by atoms with Gasteiger partial charge in [0.25, 0.3) is 0 Å². The number of aromatic nitrogens is 1. The summed E-state index contributed by atoms with van der Waals surface area (Å²) in [7, 11) is 1.75. The Balaban J connectivity index is 1.88. The van der Waals surface area contributed by atoms with E-state index < -0.39 is 5.60 Å². The van der Waals surface area contributed by atoms with E-state index in [4.69, 9.17) is 4.74 Å². The number of hydrogen-bond donors (Lipinski definition) is 2. The van der Waals surface area contributed by atoms with Crippen LogP contribution in [0.1, 0.15) is 43.0 Å². The average molecular weight is 314 g/mol. The molecule has 2 aliphatic rings. The van der Waals surface area contributed by atoms with Crippen LogP contribution in [-0.4, -0.2) is 46.8 Å². The molecule has 0 radical (unpaired) electrons. The standard InChI is InChI=1S/C19H26N2O2/c1-4-21-11-19(2,22)9-14-12-6-5-7-15-18(12)13(8-17(14)21)16(20-15)10-23-3/h5-7,14,17,20,22H,4,8-11H2,1-3H3/t14-,17-,19-/m1/s1. The summed E-state index contributed by atoms with van der Waals surface area (Å²) >= 11 is 0. The highest BCUT2D eigenvalue weighted by molar-refractivity contribution is 5.89. The zero-order valence-electron chi connectivity index (χ0n) is 14.2. The number of piperidine rings is 1. The molecule has 1 fully saturated rings. The number of β-amino-alcohol motifs (C(OH)–C–C–N with tert-alkyl or cyclic N) is 1. The fourth-order valence-electron chi connectivity index (χ4n) is 4.83. The highest BCUT2D eigenvalue weighted by atomic mass is 16.5. The Morgan fingerprint density at radius 1 is 1.43 bits per heavy atom. The molecule has 0 amide bonds. The number of nitrogens with one attached hydrogen (secondary N) is 1. The second-order valence-corrected chi connectivity index (χ2v) is 7.43. The molecule has 4 nitrogen and oxygen atoms in total. The number of rotatable bonds is 3. The molecule has 0 bridgehead atoms. The average Bonchev–Trinajstić information content (AvgIpc) is 2.86. The van der Waals surface area contributed by atoms with Crippen LogP contribution in [0.25, 0.3) is 10.9 Å². The van der Waals surface area contributed by atoms with E-state index in [-0.39, 0.29) is 0 Å². The zero-order chi connectivity index (χ0) is 16.2. The van der Waals surface area contributed by atoms with Crippen molar-refractivity contribution >= 4 is 10.9 Å². The fourth-order valence-corrected chi connectivity index (χ4v) is 4.83. The van der Waals surface area contributed by atoms with Gasteiger partial charge in [-0.25, -0.2) is 0 Å². The van der Waals surface area contributed by atoms with Crippen molar-refractivity contribution < 1.29 is 9.84 Å². The lowest BCUT2D eigenvalue weighted by Gasteiger charge is -2.49. The van der Waals surface area contributed by atoms with Crippen molar-refractivity contribution in [1.29, 1.82) is 0 Å². The summed E-state index contributed by atoms with van der Waals surface area (Å²) in [6.07, 6.45) is 1.89. The predicted molar refractivity (Wildman–Crippen MR) is 91.7 cm³/mol. The molecule has 1 aliphatic carbocycles. The summed E-state index contributed by atoms with van der Waals surface area (Å²) in [6.45, 7) is 6.55. The van der Waals surface area contributed by atoms with Gasteiger partial charge in [-0.2, -0.15) is 0 Å². The molecule has 3 atom stereocenters. The number of fused-ring (bicyclic) bond motifs is 2. The van der Waals surface area contributed by atoms with Gasteiger partial charge in [0.1, 0.15) is 0 Å². The van der Waals surface area contributed by atoms with E-state index in [2.05, 4.69) is 35.0 Å². The van der Waals surface area contributed by atoms with Crippen LogP contribution >= 0.6 is 0 Å². The van der Waals surface area contributed by atoms with Crippen molar-refractivity contribution in [2.75, 3.05) is 20.2 Å². The number of aromatic amines is 1. The van der Waals surface area contributed by atoms with Crippen LogP contribution < -0.4 is 0 Å². The van der Waals surface area contributed by atoms with Gasteiger partial charge in [-0.05, 0) is 43.5 Å². The molecule has 2 N–H and O–H groups in total. The molecule has 2 heterocycles. The predicted octanol–water partition coefficient (Wildman–Crippen LogP) is 2.80. The number of likely N-dealkylation sites (N-methyl/N-ethyl adjacent to an activating group) is 1. The number of likely N-dealkylation sites (tertiary alicyclic amines) is 1. The van der Waals surface area contributed by atoms with Gasteiger partial charge >= 0.3 is 0 Å². The third-order valence-electron chi connectivity index (χ3n) is 5.69. The molecule has 4 rings (SSSR count). The lowest BCUT2D eigenvalue weighted by molar-refractivity contribution is -0.0485. The van der Waals surface area contributed by atoms with Gasteiger partial charge in [0.2, 0.25) is 0 Å². The molecule has 1 aliphatic heterocycles. The summed E-state index contributed by atoms with van der Waals surface area (Å²) in [6, 6.07) is 7.02. The number of benzene rings is 1. The lowest BCUT2D eigenvalue weighted by atomic mass is 9.71. The van der Waals surface area contributed by atoms with E-state index in [0.717, 1.165) is 25.9 Å². The summed E-state index contributed by atoms with van der Waals surface area (Å²) in [5.41, 5.74) is 4.62. The van der Waals surface area contributed by atoms with Crippen molar-refractivity contribution in [3.63, 3.8) is 0 Å². The minimum Gasteiger partial charge on any atom is -0.389 e. The number of nitrogens with zero attached hydrogens (tertiary/aromatic N) is 1. The van der Waals surface area contributed by atoms with E-state index in [1.54, 1.807) is 7.11 Å². The van der Waals surface area contributed by atoms with E-state index in [1.807, 2.05) is 6.92 Å². The van der Waals surface area contributed by atoms with Crippen molar-refractivity contribution in [3.8, 4) is 0 Å². The molecule has 124 valence electrons. The first kappa shape index (κ1) is 15.2. The van der Waals surface area contributed by atoms with Crippen molar-refractivity contribution in [1.82, 2.24) is 9.88 Å². The summed E-state index contributed by atoms with van der Waals surface area (Å²) in [4.78, 5) is 6.01. The Bertz CT molecular complexity index is 734. The topological polar surface area (TPSA) is 48.5 Å². The number of ether oxygens (including phenoxy) is 1. The Morgan fingerprint density at radius 2 is 2.26 bits per heavy atom. The van der Waals surface area contributed by atoms with Crippen LogP contribution in [0.4, 0.5) is 0 Å². The molecule has 1 aromatic heterocycles. The van der Waals surface area contributed by atoms with Crippen LogP contribution in [0.2, 0.25) is 0 Å². The highest BCUT2D eigenvalue weighted by Gasteiger charge is 2.44. The van der Waals surface area contributed by atoms with Crippen LogP contribution in [0, 0.1) is 0 Å². The number of methoxy groups -OCH3 is 1. The molecular weight excluding hydrogens is 288 g/mol. The van der Waals surface area contributed by atoms with E-state index in [9.17, 15) is 5.11 Å². The molecule has 23 heavy (non-hydrogen) atoms. The molecule has 1 saturated heterocycles. The normalized spacial score (nSPS) is 30.6. The maximum absolute atomic E-state index is 10.7. The van der Waals surface area contributed by atoms with Gasteiger partial charge in [-0.3, -0.25) is 4.90 Å². The minimum atomic E-state index is -0.609. The lowest BCUT2D eigenvalue weighted by Crippen LogP contribution is -2.56. The monoisotopic (exact) mass is 314 g/mol. The van der Waals surface area contributed by atoms with Gasteiger partial charge < -0.3 is 14.8 Å². The fraction of sp³-hybridized carbons (Fsp3) is 0.579. The minimum absolute atomic E-state index is 0.404. The van der Waals surface area contributed by atoms with Crippen molar-refractivity contribution in [2.24, 2.45) is 0 Å². The number of H-pyrrole nitrogens is 1. The van der Waals surface area contributed by atoms with E-state index in [0.29, 0.717) is 18.6 Å². The summed E-state index contributed by atoms with van der Waals surface area (Å²) in [5.74, 6) is 0.404. The Morgan fingerprint density at radius 3 is 3.00 bits per heavy atom. The van der Waals surface area contributed by atoms with Gasteiger partial charge in [0.15, 0.2) is 0 Å². The van der Waals surface area contributed by atoms with Crippen molar-refractivity contribution in [2.45, 2.75) is 50.9 Å². The van der Waals surface area contributed by atoms with Gasteiger partial charge in [-0.1, -0.05) is 19.1 Å². The number of aliphatic hydroxyl groups is 1. The molecule has 1 aromatic carbocycles. The zero-order valence-corrected chi connectivity index (χ0v) is 14.2. The Kier molecular flexibility index (Phi) is 3.52. The first-order valence-electron chi connectivity index (χ1n) is 8.62. The maximum Gasteiger partial charge on any atom is 0.0865 e. The molecule has 0 unspecified atom stereocenters. The molecule has 0 saturated carbocycles. The smallest absolute Gasteiger partial charge is 0.0865 e. The second kappa shape index (κ2) is 5.33. The Hall–Kier alpha value is -1.36. The SMILES string of the molecule is CCN1C[C@](C)(O)C[C@@H]2c3cccc4[nH]c(COC)c(c34)C[C@H]21. The van der Waals surface area contributed by atoms with Crippen LogP contribution in [0.3, 0.4) is 0 Å². The third-order valence-corrected chi connectivity index (χ3v) is 5.69. The highest BCUT2D eigenvalue weighted by Crippen LogP contribution is 2.46. The Labute approximate surface area is 137 Å². The van der Waals surface area contributed by atoms with Gasteiger partial charge in [-0.15, -0.1) is 0 Å². The van der Waals surface area contributed by atoms with Crippen molar-refractivity contribution in [3.05, 3.63) is 35.0 Å². The van der Waals surface area contributed by atoms with E-state index in [1.165, 1.54) is 27.7 Å². The van der Waals surface area contributed by atoms with Gasteiger partial charge in [0.05, 0.1) is 12.2 Å². The second-order valence-electron chi connectivity index (χ2n) is 7.43.